The number of aromatic nitrogens is 8. The van der Waals surface area contributed by atoms with Crippen molar-refractivity contribution in [2.24, 2.45) is 10.2 Å². The van der Waals surface area contributed by atoms with Gasteiger partial charge in [0, 0.05) is 12.3 Å². The fourth-order valence-electron chi connectivity index (χ4n) is 2.12. The zero-order valence-electron chi connectivity index (χ0n) is 12.4. The number of fused-ring (bicyclic) bond motifs is 1. The topological polar surface area (TPSA) is 119 Å². The highest BCUT2D eigenvalue weighted by Gasteiger charge is 2.14. The summed E-state index contributed by atoms with van der Waals surface area (Å²) in [4.78, 5) is 14.4. The highest BCUT2D eigenvalue weighted by atomic mass is 15.5. The normalized spacial score (nSPS) is 11.3. The second-order valence-electron chi connectivity index (χ2n) is 4.72. The van der Waals surface area contributed by atoms with Gasteiger partial charge in [-0.05, 0) is 6.92 Å². The van der Waals surface area contributed by atoms with E-state index in [1.807, 2.05) is 6.92 Å². The van der Waals surface area contributed by atoms with E-state index in [1.54, 1.807) is 12.3 Å². The van der Waals surface area contributed by atoms with E-state index in [4.69, 9.17) is 6.57 Å². The van der Waals surface area contributed by atoms with Gasteiger partial charge in [-0.1, -0.05) is 0 Å². The second kappa shape index (κ2) is 5.36. The van der Waals surface area contributed by atoms with Crippen LogP contribution in [0.1, 0.15) is 5.82 Å². The zero-order valence-corrected chi connectivity index (χ0v) is 12.4. The van der Waals surface area contributed by atoms with Crippen LogP contribution in [0.3, 0.4) is 0 Å². The van der Waals surface area contributed by atoms with Gasteiger partial charge in [0.05, 0.1) is 19.0 Å². The van der Waals surface area contributed by atoms with Gasteiger partial charge < -0.3 is 4.98 Å². The van der Waals surface area contributed by atoms with Gasteiger partial charge in [0.15, 0.2) is 23.0 Å². The molecule has 11 nitrogen and oxygen atoms in total. The first-order valence-corrected chi connectivity index (χ1v) is 6.80. The Morgan fingerprint density at radius 3 is 2.96 bits per heavy atom. The minimum Gasteiger partial charge on any atom is -0.324 e. The monoisotopic (exact) mass is 319 g/mol. The van der Waals surface area contributed by atoms with Gasteiger partial charge in [-0.15, -0.1) is 20.0 Å². The summed E-state index contributed by atoms with van der Waals surface area (Å²) in [5.41, 5.74) is 1.39. The van der Waals surface area contributed by atoms with Crippen molar-refractivity contribution in [1.82, 2.24) is 39.6 Å². The molecule has 0 saturated carbocycles. The number of azo groups is 1. The van der Waals surface area contributed by atoms with Gasteiger partial charge in [-0.2, -0.15) is 10.2 Å². The van der Waals surface area contributed by atoms with Crippen LogP contribution in [0, 0.1) is 13.5 Å². The molecule has 4 heterocycles. The Labute approximate surface area is 134 Å². The van der Waals surface area contributed by atoms with Gasteiger partial charge in [0.25, 0.3) is 5.69 Å². The summed E-state index contributed by atoms with van der Waals surface area (Å²) in [6.07, 6.45) is 5.92. The standard InChI is InChI=1S/C13H9N11/c1-8-19-12-10(6-18-24(12)22-8)20-21-13-9(14-2)5-17-23(13)11-3-4-15-7-16-11/h3-7H,1H3,(H,19,22)/b21-20+. The van der Waals surface area contributed by atoms with E-state index in [-0.39, 0.29) is 11.5 Å². The van der Waals surface area contributed by atoms with Crippen LogP contribution in [-0.4, -0.2) is 39.6 Å². The first-order valence-electron chi connectivity index (χ1n) is 6.80. The Balaban J connectivity index is 1.79. The van der Waals surface area contributed by atoms with Crippen molar-refractivity contribution in [3.63, 3.8) is 0 Å². The van der Waals surface area contributed by atoms with E-state index in [2.05, 4.69) is 45.3 Å². The van der Waals surface area contributed by atoms with Crippen LogP contribution in [-0.2, 0) is 0 Å². The largest absolute Gasteiger partial charge is 0.324 e. The lowest BCUT2D eigenvalue weighted by atomic mass is 10.5. The first-order chi connectivity index (χ1) is 11.8. The van der Waals surface area contributed by atoms with Gasteiger partial charge >= 0.3 is 0 Å². The van der Waals surface area contributed by atoms with Crippen molar-refractivity contribution in [2.75, 3.05) is 0 Å². The lowest BCUT2D eigenvalue weighted by molar-refractivity contribution is 0.806. The Morgan fingerprint density at radius 2 is 2.17 bits per heavy atom. The van der Waals surface area contributed by atoms with Crippen molar-refractivity contribution < 1.29 is 0 Å². The minimum absolute atomic E-state index is 0.265. The molecule has 0 unspecified atom stereocenters. The number of nitrogens with zero attached hydrogens (tertiary/aromatic N) is 10. The van der Waals surface area contributed by atoms with Gasteiger partial charge in [-0.3, -0.25) is 0 Å². The van der Waals surface area contributed by atoms with Crippen LogP contribution in [0.15, 0.2) is 41.2 Å². The second-order valence-corrected chi connectivity index (χ2v) is 4.72. The van der Waals surface area contributed by atoms with Crippen LogP contribution in [0.2, 0.25) is 0 Å². The number of aryl methyl sites for hydroxylation is 1. The Hall–Kier alpha value is -3.94. The van der Waals surface area contributed by atoms with E-state index < -0.39 is 0 Å². The maximum absolute atomic E-state index is 7.25. The average molecular weight is 319 g/mol. The molecule has 116 valence electrons. The van der Waals surface area contributed by atoms with Crippen LogP contribution >= 0.6 is 0 Å². The number of aromatic amines is 1. The zero-order chi connectivity index (χ0) is 16.5. The predicted octanol–water partition coefficient (Wildman–Crippen LogP) is 2.31. The van der Waals surface area contributed by atoms with Crippen molar-refractivity contribution in [3.05, 3.63) is 48.2 Å². The third kappa shape index (κ3) is 2.18. The summed E-state index contributed by atoms with van der Waals surface area (Å²) in [6, 6.07) is 1.66. The minimum atomic E-state index is 0.265. The smallest absolute Gasteiger partial charge is 0.252 e. The quantitative estimate of drug-likeness (QED) is 0.459. The summed E-state index contributed by atoms with van der Waals surface area (Å²) in [7, 11) is 0. The molecule has 0 aliphatic carbocycles. The van der Waals surface area contributed by atoms with Gasteiger partial charge in [-0.25, -0.2) is 19.5 Å². The molecule has 1 N–H and O–H groups in total. The number of hydrogen-bond acceptors (Lipinski definition) is 7. The molecule has 0 spiro atoms. The fraction of sp³-hybridized carbons (Fsp3) is 0.0769. The maximum Gasteiger partial charge on any atom is 0.252 e. The van der Waals surface area contributed by atoms with Crippen LogP contribution in [0.4, 0.5) is 17.2 Å². The number of H-pyrrole nitrogens is 1. The Kier molecular flexibility index (Phi) is 3.06. The van der Waals surface area contributed by atoms with E-state index in [1.165, 1.54) is 28.0 Å². The predicted molar refractivity (Wildman–Crippen MR) is 81.7 cm³/mol. The lowest BCUT2D eigenvalue weighted by Gasteiger charge is -2.01. The number of nitrogens with one attached hydrogen (secondary N) is 1. The molecular weight excluding hydrogens is 310 g/mol. The van der Waals surface area contributed by atoms with Crippen molar-refractivity contribution in [2.45, 2.75) is 6.92 Å². The SMILES string of the molecule is [C-]#[N+]c1cnn(-c2ccncn2)c1/N=N/c1cnn2nc(C)[nH]c12. The molecular formula is C13H9N11. The molecule has 4 aromatic heterocycles. The van der Waals surface area contributed by atoms with Crippen LogP contribution < -0.4 is 0 Å². The number of rotatable bonds is 3. The highest BCUT2D eigenvalue weighted by molar-refractivity contribution is 5.65. The van der Waals surface area contributed by atoms with E-state index in [0.717, 1.165) is 0 Å². The summed E-state index contributed by atoms with van der Waals surface area (Å²) >= 11 is 0. The Morgan fingerprint density at radius 1 is 1.25 bits per heavy atom. The average Bonchev–Trinajstić information content (AvgIpc) is 3.27. The molecule has 4 aromatic rings. The summed E-state index contributed by atoms with van der Waals surface area (Å²) in [6.45, 7) is 9.07. The molecule has 0 aliphatic rings. The first kappa shape index (κ1) is 13.7. The molecule has 0 bridgehead atoms. The molecule has 11 heteroatoms. The van der Waals surface area contributed by atoms with E-state index in [0.29, 0.717) is 23.0 Å². The molecule has 0 aliphatic heterocycles. The highest BCUT2D eigenvalue weighted by Crippen LogP contribution is 2.31. The number of hydrogen-bond donors (Lipinski definition) is 1. The third-order valence-electron chi connectivity index (χ3n) is 3.16. The van der Waals surface area contributed by atoms with Crippen molar-refractivity contribution >= 4 is 22.8 Å². The molecule has 0 atom stereocenters. The molecule has 24 heavy (non-hydrogen) atoms. The van der Waals surface area contributed by atoms with E-state index in [9.17, 15) is 0 Å². The molecule has 4 rings (SSSR count). The summed E-state index contributed by atoms with van der Waals surface area (Å²) in [5.74, 6) is 1.48. The maximum atomic E-state index is 7.25. The molecule has 0 fully saturated rings. The van der Waals surface area contributed by atoms with Crippen molar-refractivity contribution in [1.29, 1.82) is 0 Å². The van der Waals surface area contributed by atoms with E-state index >= 15 is 0 Å². The van der Waals surface area contributed by atoms with Crippen LogP contribution in [0.25, 0.3) is 16.3 Å². The van der Waals surface area contributed by atoms with Gasteiger partial charge in [0.1, 0.15) is 12.2 Å². The molecule has 0 saturated heterocycles. The molecule has 0 radical (unpaired) electrons. The summed E-state index contributed by atoms with van der Waals surface area (Å²) in [5, 5.41) is 20.7. The molecule has 0 amide bonds. The fourth-order valence-corrected chi connectivity index (χ4v) is 2.12. The van der Waals surface area contributed by atoms with Crippen molar-refractivity contribution in [3.8, 4) is 5.82 Å². The third-order valence-corrected chi connectivity index (χ3v) is 3.16. The van der Waals surface area contributed by atoms with Crippen LogP contribution in [0.5, 0.6) is 0 Å². The van der Waals surface area contributed by atoms with Gasteiger partial charge in [0.2, 0.25) is 0 Å². The summed E-state index contributed by atoms with van der Waals surface area (Å²) < 4.78 is 2.86. The Bertz CT molecular complexity index is 1080. The lowest BCUT2D eigenvalue weighted by Crippen LogP contribution is -1.98. The molecule has 0 aromatic carbocycles.